The zero-order valence-electron chi connectivity index (χ0n) is 15.2. The van der Waals surface area contributed by atoms with Gasteiger partial charge in [-0.1, -0.05) is 47.5 Å². The van der Waals surface area contributed by atoms with Gasteiger partial charge in [0.2, 0.25) is 0 Å². The van der Waals surface area contributed by atoms with Crippen molar-refractivity contribution in [3.05, 3.63) is 99.5 Å². The Morgan fingerprint density at radius 2 is 1.75 bits per heavy atom. The molecule has 0 fully saturated rings. The number of ether oxygens (including phenoxy) is 2. The van der Waals surface area contributed by atoms with Gasteiger partial charge in [0, 0.05) is 26.7 Å². The number of rotatable bonds is 7. The number of methoxy groups -OCH3 is 1. The van der Waals surface area contributed by atoms with Crippen LogP contribution in [0.15, 0.2) is 72.8 Å². The highest BCUT2D eigenvalue weighted by molar-refractivity contribution is 6.35. The van der Waals surface area contributed by atoms with E-state index in [-0.39, 0.29) is 5.78 Å². The molecule has 0 aromatic heterocycles. The maximum absolute atomic E-state index is 12.4. The number of allylic oxidation sites excluding steroid dienone is 1. The first-order chi connectivity index (χ1) is 13.6. The van der Waals surface area contributed by atoms with Gasteiger partial charge in [-0.05, 0) is 54.6 Å². The maximum Gasteiger partial charge on any atom is 0.185 e. The molecular formula is C23H18Cl2O3. The largest absolute Gasteiger partial charge is 0.497 e. The number of hydrogen-bond acceptors (Lipinski definition) is 3. The Morgan fingerprint density at radius 1 is 1.00 bits per heavy atom. The van der Waals surface area contributed by atoms with Crippen molar-refractivity contribution >= 4 is 35.1 Å². The Morgan fingerprint density at radius 3 is 2.46 bits per heavy atom. The molecule has 3 nitrogen and oxygen atoms in total. The van der Waals surface area contributed by atoms with Gasteiger partial charge in [0.05, 0.1) is 7.11 Å². The summed E-state index contributed by atoms with van der Waals surface area (Å²) in [5.41, 5.74) is 2.22. The molecule has 0 aliphatic rings. The highest BCUT2D eigenvalue weighted by atomic mass is 35.5. The van der Waals surface area contributed by atoms with Crippen LogP contribution in [-0.4, -0.2) is 12.9 Å². The number of halogens is 2. The van der Waals surface area contributed by atoms with E-state index in [1.807, 2.05) is 30.3 Å². The summed E-state index contributed by atoms with van der Waals surface area (Å²) < 4.78 is 11.0. The lowest BCUT2D eigenvalue weighted by Gasteiger charge is -2.10. The molecule has 0 saturated carbocycles. The predicted molar refractivity (Wildman–Crippen MR) is 114 cm³/mol. The summed E-state index contributed by atoms with van der Waals surface area (Å²) in [7, 11) is 1.59. The van der Waals surface area contributed by atoms with Crippen LogP contribution in [0.1, 0.15) is 21.5 Å². The Kier molecular flexibility index (Phi) is 6.75. The number of hydrogen-bond donors (Lipinski definition) is 0. The van der Waals surface area contributed by atoms with E-state index in [1.54, 1.807) is 49.6 Å². The van der Waals surface area contributed by atoms with Crippen LogP contribution in [0.2, 0.25) is 10.0 Å². The zero-order chi connectivity index (χ0) is 19.9. The fourth-order valence-corrected chi connectivity index (χ4v) is 3.02. The van der Waals surface area contributed by atoms with Crippen LogP contribution >= 0.6 is 23.2 Å². The molecule has 0 aliphatic heterocycles. The summed E-state index contributed by atoms with van der Waals surface area (Å²) in [5.74, 6) is 1.27. The van der Waals surface area contributed by atoms with Crippen LogP contribution in [0.5, 0.6) is 11.5 Å². The lowest BCUT2D eigenvalue weighted by atomic mass is 10.1. The van der Waals surface area contributed by atoms with Gasteiger partial charge in [0.15, 0.2) is 5.78 Å². The first kappa shape index (κ1) is 20.0. The van der Waals surface area contributed by atoms with Crippen molar-refractivity contribution < 1.29 is 14.3 Å². The molecule has 3 aromatic carbocycles. The minimum Gasteiger partial charge on any atom is -0.497 e. The molecular weight excluding hydrogens is 395 g/mol. The molecule has 0 spiro atoms. The molecule has 0 unspecified atom stereocenters. The minimum atomic E-state index is -0.0989. The van der Waals surface area contributed by atoms with Gasteiger partial charge in [-0.25, -0.2) is 0 Å². The van der Waals surface area contributed by atoms with E-state index in [9.17, 15) is 4.79 Å². The number of para-hydroxylation sites is 1. The maximum atomic E-state index is 12.4. The summed E-state index contributed by atoms with van der Waals surface area (Å²) in [5, 5.41) is 1.13. The van der Waals surface area contributed by atoms with E-state index >= 15 is 0 Å². The number of carbonyl (C=O) groups excluding carboxylic acids is 1. The van der Waals surface area contributed by atoms with Gasteiger partial charge in [-0.3, -0.25) is 4.79 Å². The van der Waals surface area contributed by atoms with Crippen molar-refractivity contribution in [1.82, 2.24) is 0 Å². The number of benzene rings is 3. The molecule has 0 bridgehead atoms. The predicted octanol–water partition coefficient (Wildman–Crippen LogP) is 6.48. The summed E-state index contributed by atoms with van der Waals surface area (Å²) in [4.78, 5) is 12.4. The highest BCUT2D eigenvalue weighted by Gasteiger charge is 2.06. The quantitative estimate of drug-likeness (QED) is 0.329. The van der Waals surface area contributed by atoms with Crippen LogP contribution in [0.4, 0.5) is 0 Å². The molecule has 0 amide bonds. The summed E-state index contributed by atoms with van der Waals surface area (Å²) >= 11 is 12.1. The van der Waals surface area contributed by atoms with Gasteiger partial charge in [-0.15, -0.1) is 0 Å². The molecule has 0 heterocycles. The van der Waals surface area contributed by atoms with E-state index in [4.69, 9.17) is 32.7 Å². The van der Waals surface area contributed by atoms with Crippen molar-refractivity contribution in [3.8, 4) is 11.5 Å². The van der Waals surface area contributed by atoms with Crippen molar-refractivity contribution in [2.75, 3.05) is 7.11 Å². The molecule has 0 atom stereocenters. The topological polar surface area (TPSA) is 35.5 Å². The summed E-state index contributed by atoms with van der Waals surface area (Å²) in [6.45, 7) is 0.299. The summed E-state index contributed by atoms with van der Waals surface area (Å²) in [6, 6.07) is 19.8. The van der Waals surface area contributed by atoms with Gasteiger partial charge in [0.25, 0.3) is 0 Å². The first-order valence-electron chi connectivity index (χ1n) is 8.59. The van der Waals surface area contributed by atoms with E-state index in [0.717, 1.165) is 11.1 Å². The zero-order valence-corrected chi connectivity index (χ0v) is 16.7. The molecule has 5 heteroatoms. The smallest absolute Gasteiger partial charge is 0.185 e. The van der Waals surface area contributed by atoms with Crippen molar-refractivity contribution in [1.29, 1.82) is 0 Å². The molecule has 3 rings (SSSR count). The molecule has 28 heavy (non-hydrogen) atoms. The van der Waals surface area contributed by atoms with Crippen LogP contribution in [0.25, 0.3) is 6.08 Å². The fourth-order valence-electron chi connectivity index (χ4n) is 2.56. The third-order valence-corrected chi connectivity index (χ3v) is 4.69. The van der Waals surface area contributed by atoms with Crippen molar-refractivity contribution in [2.24, 2.45) is 0 Å². The second kappa shape index (κ2) is 9.45. The third-order valence-electron chi connectivity index (χ3n) is 4.11. The van der Waals surface area contributed by atoms with Crippen LogP contribution in [0.3, 0.4) is 0 Å². The minimum absolute atomic E-state index is 0.0989. The fraction of sp³-hybridized carbons (Fsp3) is 0.0870. The van der Waals surface area contributed by atoms with Gasteiger partial charge >= 0.3 is 0 Å². The summed E-state index contributed by atoms with van der Waals surface area (Å²) in [6.07, 6.45) is 3.27. The lowest BCUT2D eigenvalue weighted by Crippen LogP contribution is -1.98. The van der Waals surface area contributed by atoms with E-state index in [0.29, 0.717) is 33.7 Å². The average Bonchev–Trinajstić information content (AvgIpc) is 2.72. The Bertz CT molecular complexity index is 995. The average molecular weight is 413 g/mol. The van der Waals surface area contributed by atoms with Crippen molar-refractivity contribution in [2.45, 2.75) is 6.61 Å². The van der Waals surface area contributed by atoms with Crippen LogP contribution < -0.4 is 9.47 Å². The Balaban J connectivity index is 1.72. The first-order valence-corrected chi connectivity index (χ1v) is 9.34. The molecule has 0 radical (unpaired) electrons. The SMILES string of the molecule is COc1ccc(C(=O)/C=C/c2ccccc2OCc2ccc(Cl)cc2Cl)cc1. The Labute approximate surface area is 174 Å². The molecule has 0 aliphatic carbocycles. The third kappa shape index (κ3) is 5.16. The van der Waals surface area contributed by atoms with Crippen LogP contribution in [0, 0.1) is 0 Å². The monoisotopic (exact) mass is 412 g/mol. The molecule has 142 valence electrons. The normalized spacial score (nSPS) is 10.8. The van der Waals surface area contributed by atoms with Gasteiger partial charge < -0.3 is 9.47 Å². The number of ketones is 1. The number of carbonyl (C=O) groups is 1. The molecule has 3 aromatic rings. The molecule has 0 N–H and O–H groups in total. The highest BCUT2D eigenvalue weighted by Crippen LogP contribution is 2.25. The second-order valence-corrected chi connectivity index (χ2v) is 6.83. The standard InChI is InChI=1S/C23H18Cl2O3/c1-27-20-11-7-16(8-12-20)22(26)13-9-17-4-2-3-5-23(17)28-15-18-6-10-19(24)14-21(18)25/h2-14H,15H2,1H3/b13-9+. The van der Waals surface area contributed by atoms with Crippen molar-refractivity contribution in [3.63, 3.8) is 0 Å². The van der Waals surface area contributed by atoms with Gasteiger partial charge in [-0.2, -0.15) is 0 Å². The van der Waals surface area contributed by atoms with E-state index < -0.39 is 0 Å². The lowest BCUT2D eigenvalue weighted by molar-refractivity contribution is 0.104. The molecule has 0 saturated heterocycles. The van der Waals surface area contributed by atoms with E-state index in [2.05, 4.69) is 0 Å². The van der Waals surface area contributed by atoms with Crippen LogP contribution in [-0.2, 0) is 6.61 Å². The Hall–Kier alpha value is -2.75. The second-order valence-electron chi connectivity index (χ2n) is 5.99. The van der Waals surface area contributed by atoms with E-state index in [1.165, 1.54) is 6.08 Å². The van der Waals surface area contributed by atoms with Gasteiger partial charge in [0.1, 0.15) is 18.1 Å².